The number of methoxy groups -OCH3 is 2. The number of ether oxygens (including phenoxy) is 2. The molecule has 0 spiro atoms. The van der Waals surface area contributed by atoms with Gasteiger partial charge in [-0.1, -0.05) is 0 Å². The van der Waals surface area contributed by atoms with Gasteiger partial charge in [0.2, 0.25) is 0 Å². The number of hydrogen-bond donors (Lipinski definition) is 1. The lowest BCUT2D eigenvalue weighted by molar-refractivity contribution is 0.0593. The molecule has 0 aromatic carbocycles. The van der Waals surface area contributed by atoms with E-state index >= 15 is 0 Å². The minimum Gasteiger partial charge on any atom is -0.464 e. The fraction of sp³-hybridized carbons (Fsp3) is 0.429. The van der Waals surface area contributed by atoms with E-state index in [0.717, 1.165) is 0 Å². The van der Waals surface area contributed by atoms with Gasteiger partial charge in [0.25, 0.3) is 0 Å². The second-order valence-electron chi connectivity index (χ2n) is 2.29. The highest BCUT2D eigenvalue weighted by Crippen LogP contribution is 2.20. The Kier molecular flexibility index (Phi) is 3.44. The third-order valence-corrected chi connectivity index (χ3v) is 2.30. The van der Waals surface area contributed by atoms with Crippen molar-refractivity contribution in [1.82, 2.24) is 10.2 Å². The normalized spacial score (nSPS) is 10.1. The van der Waals surface area contributed by atoms with E-state index in [4.69, 9.17) is 4.74 Å². The molecule has 0 fully saturated rings. The maximum absolute atomic E-state index is 11.1. The monoisotopic (exact) mass is 248 g/mol. The topological polar surface area (TPSA) is 64.2 Å². The molecule has 0 aliphatic carbocycles. The molecule has 1 N–H and O–H groups in total. The van der Waals surface area contributed by atoms with Crippen molar-refractivity contribution in [3.63, 3.8) is 0 Å². The van der Waals surface area contributed by atoms with Gasteiger partial charge >= 0.3 is 5.97 Å². The molecule has 72 valence electrons. The van der Waals surface area contributed by atoms with Crippen molar-refractivity contribution in [1.29, 1.82) is 0 Å². The maximum atomic E-state index is 11.1. The zero-order chi connectivity index (χ0) is 9.84. The number of carbonyl (C=O) groups excluding carboxylic acids is 1. The summed E-state index contributed by atoms with van der Waals surface area (Å²) in [6.45, 7) is 0.366. The van der Waals surface area contributed by atoms with Gasteiger partial charge in [0, 0.05) is 7.11 Å². The van der Waals surface area contributed by atoms with E-state index in [2.05, 4.69) is 30.9 Å². The minimum atomic E-state index is -0.481. The lowest BCUT2D eigenvalue weighted by Crippen LogP contribution is -2.02. The maximum Gasteiger partial charge on any atom is 0.359 e. The summed E-state index contributed by atoms with van der Waals surface area (Å²) >= 11 is 3.22. The van der Waals surface area contributed by atoms with Crippen LogP contribution in [0.2, 0.25) is 0 Å². The zero-order valence-electron chi connectivity index (χ0n) is 7.26. The Morgan fingerprint density at radius 2 is 2.31 bits per heavy atom. The molecule has 0 aliphatic heterocycles. The van der Waals surface area contributed by atoms with Gasteiger partial charge < -0.3 is 9.47 Å². The Balaban J connectivity index is 2.92. The average Bonchev–Trinajstić information content (AvgIpc) is 2.48. The van der Waals surface area contributed by atoms with Crippen molar-refractivity contribution in [3.8, 4) is 0 Å². The highest BCUT2D eigenvalue weighted by Gasteiger charge is 2.17. The fourth-order valence-electron chi connectivity index (χ4n) is 0.836. The Morgan fingerprint density at radius 1 is 1.62 bits per heavy atom. The summed E-state index contributed by atoms with van der Waals surface area (Å²) in [6, 6.07) is 0. The molecule has 0 radical (unpaired) electrons. The number of nitrogens with one attached hydrogen (secondary N) is 1. The molecule has 5 nitrogen and oxygen atoms in total. The fourth-order valence-corrected chi connectivity index (χ4v) is 1.29. The second-order valence-corrected chi connectivity index (χ2v) is 3.08. The molecule has 13 heavy (non-hydrogen) atoms. The first kappa shape index (κ1) is 10.2. The highest BCUT2D eigenvalue weighted by molar-refractivity contribution is 9.10. The van der Waals surface area contributed by atoms with Crippen LogP contribution in [-0.4, -0.2) is 30.4 Å². The van der Waals surface area contributed by atoms with E-state index < -0.39 is 5.97 Å². The summed E-state index contributed by atoms with van der Waals surface area (Å²) in [5, 5.41) is 6.45. The number of H-pyrrole nitrogens is 1. The first-order valence-corrected chi connectivity index (χ1v) is 4.30. The molecular weight excluding hydrogens is 240 g/mol. The number of rotatable bonds is 3. The molecule has 1 heterocycles. The number of halogens is 1. The van der Waals surface area contributed by atoms with Gasteiger partial charge in [-0.15, -0.1) is 0 Å². The summed E-state index contributed by atoms with van der Waals surface area (Å²) in [4.78, 5) is 11.1. The van der Waals surface area contributed by atoms with Crippen molar-refractivity contribution in [2.75, 3.05) is 14.2 Å². The minimum absolute atomic E-state index is 0.231. The predicted octanol–water partition coefficient (Wildman–Crippen LogP) is 1.11. The summed E-state index contributed by atoms with van der Waals surface area (Å²) < 4.78 is 9.98. The molecule has 0 bridgehead atoms. The van der Waals surface area contributed by atoms with E-state index in [1.54, 1.807) is 7.11 Å². The van der Waals surface area contributed by atoms with Crippen LogP contribution in [0.25, 0.3) is 0 Å². The van der Waals surface area contributed by atoms with Crippen LogP contribution < -0.4 is 0 Å². The lowest BCUT2D eigenvalue weighted by Gasteiger charge is -1.95. The number of nitrogens with zero attached hydrogens (tertiary/aromatic N) is 1. The van der Waals surface area contributed by atoms with Crippen LogP contribution in [0.4, 0.5) is 0 Å². The van der Waals surface area contributed by atoms with Gasteiger partial charge in [0.05, 0.1) is 23.9 Å². The quantitative estimate of drug-likeness (QED) is 0.815. The van der Waals surface area contributed by atoms with Crippen molar-refractivity contribution >= 4 is 21.9 Å². The Bertz CT molecular complexity index is 311. The van der Waals surface area contributed by atoms with Gasteiger partial charge in [-0.25, -0.2) is 4.79 Å². The molecule has 0 amide bonds. The SMILES string of the molecule is COCc1[nH]nc(C(=O)OC)c1Br. The highest BCUT2D eigenvalue weighted by atomic mass is 79.9. The Morgan fingerprint density at radius 3 is 2.85 bits per heavy atom. The second kappa shape index (κ2) is 4.38. The molecule has 1 aromatic heterocycles. The number of hydrogen-bond acceptors (Lipinski definition) is 4. The van der Waals surface area contributed by atoms with Gasteiger partial charge in [-0.05, 0) is 15.9 Å². The molecule has 0 saturated heterocycles. The van der Waals surface area contributed by atoms with Crippen LogP contribution in [-0.2, 0) is 16.1 Å². The van der Waals surface area contributed by atoms with E-state index in [9.17, 15) is 4.79 Å². The van der Waals surface area contributed by atoms with Crippen LogP contribution in [0.1, 0.15) is 16.2 Å². The van der Waals surface area contributed by atoms with Gasteiger partial charge in [-0.2, -0.15) is 5.10 Å². The van der Waals surface area contributed by atoms with E-state index in [1.165, 1.54) is 7.11 Å². The van der Waals surface area contributed by atoms with Crippen molar-refractivity contribution in [2.45, 2.75) is 6.61 Å². The number of carbonyl (C=O) groups is 1. The van der Waals surface area contributed by atoms with Crippen molar-refractivity contribution in [2.24, 2.45) is 0 Å². The van der Waals surface area contributed by atoms with Crippen molar-refractivity contribution < 1.29 is 14.3 Å². The Hall–Kier alpha value is -0.880. The molecule has 0 aliphatic rings. The third kappa shape index (κ3) is 2.07. The van der Waals surface area contributed by atoms with Crippen LogP contribution >= 0.6 is 15.9 Å². The summed E-state index contributed by atoms with van der Waals surface area (Å²) in [5.74, 6) is -0.481. The van der Waals surface area contributed by atoms with Gasteiger partial charge in [0.15, 0.2) is 5.69 Å². The summed E-state index contributed by atoms with van der Waals surface area (Å²) in [7, 11) is 2.87. The molecule has 0 atom stereocenters. The smallest absolute Gasteiger partial charge is 0.359 e. The van der Waals surface area contributed by atoms with Crippen LogP contribution in [0.15, 0.2) is 4.47 Å². The predicted molar refractivity (Wildman–Crippen MR) is 48.3 cm³/mol. The average molecular weight is 249 g/mol. The first-order chi connectivity index (χ1) is 6.20. The van der Waals surface area contributed by atoms with Crippen LogP contribution in [0, 0.1) is 0 Å². The lowest BCUT2D eigenvalue weighted by atomic mass is 10.3. The molecule has 0 saturated carbocycles. The standard InChI is InChI=1S/C7H9BrN2O3/c1-12-3-4-5(8)6(10-9-4)7(11)13-2/h3H2,1-2H3,(H,9,10). The van der Waals surface area contributed by atoms with Crippen LogP contribution in [0.3, 0.4) is 0 Å². The third-order valence-electron chi connectivity index (χ3n) is 1.44. The first-order valence-electron chi connectivity index (χ1n) is 3.50. The molecular formula is C7H9BrN2O3. The molecule has 6 heteroatoms. The molecule has 0 unspecified atom stereocenters. The van der Waals surface area contributed by atoms with Crippen molar-refractivity contribution in [3.05, 3.63) is 15.9 Å². The van der Waals surface area contributed by atoms with Gasteiger partial charge in [-0.3, -0.25) is 5.10 Å². The molecule has 1 aromatic rings. The molecule has 1 rings (SSSR count). The van der Waals surface area contributed by atoms with Crippen LogP contribution in [0.5, 0.6) is 0 Å². The van der Waals surface area contributed by atoms with E-state index in [0.29, 0.717) is 16.8 Å². The zero-order valence-corrected chi connectivity index (χ0v) is 8.84. The van der Waals surface area contributed by atoms with Gasteiger partial charge in [0.1, 0.15) is 0 Å². The number of esters is 1. The number of aromatic amines is 1. The Labute approximate surface area is 83.5 Å². The summed E-state index contributed by atoms with van der Waals surface area (Å²) in [6.07, 6.45) is 0. The van der Waals surface area contributed by atoms with E-state index in [-0.39, 0.29) is 5.69 Å². The number of aromatic nitrogens is 2. The summed E-state index contributed by atoms with van der Waals surface area (Å²) in [5.41, 5.74) is 0.942. The largest absolute Gasteiger partial charge is 0.464 e. The van der Waals surface area contributed by atoms with E-state index in [1.807, 2.05) is 0 Å².